The van der Waals surface area contributed by atoms with E-state index in [2.05, 4.69) is 4.90 Å². The second-order valence-corrected chi connectivity index (χ2v) is 8.16. The Morgan fingerprint density at radius 3 is 2.40 bits per heavy atom. The van der Waals surface area contributed by atoms with Crippen LogP contribution in [0, 0.1) is 0 Å². The van der Waals surface area contributed by atoms with Crippen molar-refractivity contribution in [1.82, 2.24) is 9.88 Å². The first-order chi connectivity index (χ1) is 14.6. The van der Waals surface area contributed by atoms with Gasteiger partial charge in [-0.15, -0.1) is 0 Å². The molecule has 1 saturated heterocycles. The van der Waals surface area contributed by atoms with E-state index in [1.54, 1.807) is 50.9 Å². The van der Waals surface area contributed by atoms with E-state index < -0.39 is 0 Å². The average Bonchev–Trinajstić information content (AvgIpc) is 3.22. The Morgan fingerprint density at radius 2 is 1.73 bits per heavy atom. The summed E-state index contributed by atoms with van der Waals surface area (Å²) in [6.07, 6.45) is 0. The summed E-state index contributed by atoms with van der Waals surface area (Å²) in [5.41, 5.74) is 1.27. The van der Waals surface area contributed by atoms with Crippen molar-refractivity contribution < 1.29 is 19.0 Å². The molecule has 1 aliphatic heterocycles. The van der Waals surface area contributed by atoms with Crippen molar-refractivity contribution in [3.05, 3.63) is 40.9 Å². The van der Waals surface area contributed by atoms with Crippen LogP contribution in [0.15, 0.2) is 30.3 Å². The minimum atomic E-state index is -0.0665. The number of nitrogens with zero attached hydrogens (tertiary/aromatic N) is 3. The number of fused-ring (bicyclic) bond motifs is 1. The van der Waals surface area contributed by atoms with Crippen molar-refractivity contribution in [2.45, 2.75) is 0 Å². The molecule has 0 N–H and O–H groups in total. The maximum Gasteiger partial charge on any atom is 0.257 e. The van der Waals surface area contributed by atoms with Crippen molar-refractivity contribution in [2.75, 3.05) is 52.4 Å². The standard InChI is InChI=1S/C21H22ClN3O4S/c1-27-15-6-4-5-13(18(15)28-2)20(26)24-9-11-25(12-10-24)21-23-17-16(30-21)8-7-14(22)19(17)29-3/h4-8H,9-12H2,1-3H3. The molecule has 0 spiro atoms. The van der Waals surface area contributed by atoms with E-state index in [4.69, 9.17) is 30.8 Å². The molecule has 1 aromatic heterocycles. The summed E-state index contributed by atoms with van der Waals surface area (Å²) in [6.45, 7) is 2.56. The molecule has 1 amide bonds. The number of piperazine rings is 1. The average molecular weight is 448 g/mol. The van der Waals surface area contributed by atoms with Crippen molar-refractivity contribution >= 4 is 44.2 Å². The summed E-state index contributed by atoms with van der Waals surface area (Å²) in [4.78, 5) is 21.8. The van der Waals surface area contributed by atoms with Crippen LogP contribution in [-0.2, 0) is 0 Å². The van der Waals surface area contributed by atoms with Crippen LogP contribution in [-0.4, -0.2) is 63.3 Å². The number of carbonyl (C=O) groups is 1. The van der Waals surface area contributed by atoms with Gasteiger partial charge in [-0.3, -0.25) is 4.79 Å². The summed E-state index contributed by atoms with van der Waals surface area (Å²) >= 11 is 7.81. The Bertz CT molecular complexity index is 1080. The Kier molecular flexibility index (Phi) is 5.87. The van der Waals surface area contributed by atoms with Gasteiger partial charge in [-0.25, -0.2) is 4.98 Å². The number of benzene rings is 2. The highest BCUT2D eigenvalue weighted by Crippen LogP contribution is 2.39. The molecule has 7 nitrogen and oxygen atoms in total. The molecule has 3 aromatic rings. The molecular weight excluding hydrogens is 426 g/mol. The van der Waals surface area contributed by atoms with Crippen molar-refractivity contribution in [3.63, 3.8) is 0 Å². The van der Waals surface area contributed by atoms with Crippen LogP contribution in [0.25, 0.3) is 10.2 Å². The molecule has 0 radical (unpaired) electrons. The van der Waals surface area contributed by atoms with Gasteiger partial charge in [-0.05, 0) is 24.3 Å². The number of anilines is 1. The zero-order valence-electron chi connectivity index (χ0n) is 17.0. The van der Waals surface area contributed by atoms with Crippen LogP contribution in [0.2, 0.25) is 5.02 Å². The fourth-order valence-electron chi connectivity index (χ4n) is 3.59. The lowest BCUT2D eigenvalue weighted by atomic mass is 10.1. The Labute approximate surface area is 183 Å². The maximum absolute atomic E-state index is 13.1. The van der Waals surface area contributed by atoms with Crippen LogP contribution in [0.5, 0.6) is 17.2 Å². The fraction of sp³-hybridized carbons (Fsp3) is 0.333. The first-order valence-electron chi connectivity index (χ1n) is 9.45. The molecule has 0 saturated carbocycles. The van der Waals surface area contributed by atoms with Crippen LogP contribution in [0.3, 0.4) is 0 Å². The van der Waals surface area contributed by atoms with Gasteiger partial charge in [0.05, 0.1) is 36.6 Å². The molecule has 30 heavy (non-hydrogen) atoms. The predicted octanol–water partition coefficient (Wildman–Crippen LogP) is 3.94. The van der Waals surface area contributed by atoms with Crippen LogP contribution in [0.1, 0.15) is 10.4 Å². The molecule has 4 rings (SSSR count). The van der Waals surface area contributed by atoms with Gasteiger partial charge in [0.2, 0.25) is 0 Å². The lowest BCUT2D eigenvalue weighted by molar-refractivity contribution is 0.0742. The summed E-state index contributed by atoms with van der Waals surface area (Å²) in [6, 6.07) is 9.12. The minimum Gasteiger partial charge on any atom is -0.493 e. The van der Waals surface area contributed by atoms with Gasteiger partial charge in [0.1, 0.15) is 5.52 Å². The van der Waals surface area contributed by atoms with Crippen molar-refractivity contribution in [1.29, 1.82) is 0 Å². The molecule has 1 aliphatic rings. The third-order valence-electron chi connectivity index (χ3n) is 5.13. The lowest BCUT2D eigenvalue weighted by Gasteiger charge is -2.34. The van der Waals surface area contributed by atoms with Crippen LogP contribution >= 0.6 is 22.9 Å². The molecule has 158 valence electrons. The molecule has 2 aromatic carbocycles. The number of carbonyl (C=O) groups excluding carboxylic acids is 1. The smallest absolute Gasteiger partial charge is 0.257 e. The molecule has 0 aliphatic carbocycles. The van der Waals surface area contributed by atoms with Gasteiger partial charge < -0.3 is 24.0 Å². The van der Waals surface area contributed by atoms with E-state index in [9.17, 15) is 4.79 Å². The molecule has 0 unspecified atom stereocenters. The molecule has 0 atom stereocenters. The van der Waals surface area contributed by atoms with Gasteiger partial charge >= 0.3 is 0 Å². The summed E-state index contributed by atoms with van der Waals surface area (Å²) in [5.74, 6) is 1.53. The van der Waals surface area contributed by atoms with E-state index in [1.807, 2.05) is 17.0 Å². The molecule has 0 bridgehead atoms. The quantitative estimate of drug-likeness (QED) is 0.590. The SMILES string of the molecule is COc1cccc(C(=O)N2CCN(c3nc4c(OC)c(Cl)ccc4s3)CC2)c1OC. The summed E-state index contributed by atoms with van der Waals surface area (Å²) in [7, 11) is 4.70. The number of para-hydroxylation sites is 1. The number of rotatable bonds is 5. The normalized spacial score (nSPS) is 14.1. The third-order valence-corrected chi connectivity index (χ3v) is 6.51. The van der Waals surface area contributed by atoms with Gasteiger partial charge in [-0.2, -0.15) is 0 Å². The summed E-state index contributed by atoms with van der Waals surface area (Å²) < 4.78 is 17.2. The van der Waals surface area contributed by atoms with Gasteiger partial charge in [0.25, 0.3) is 5.91 Å². The van der Waals surface area contributed by atoms with Crippen LogP contribution in [0.4, 0.5) is 5.13 Å². The number of thiazole rings is 1. The van der Waals surface area contributed by atoms with E-state index in [0.717, 1.165) is 15.3 Å². The lowest BCUT2D eigenvalue weighted by Crippen LogP contribution is -2.48. The molecule has 1 fully saturated rings. The predicted molar refractivity (Wildman–Crippen MR) is 119 cm³/mol. The van der Waals surface area contributed by atoms with E-state index >= 15 is 0 Å². The highest BCUT2D eigenvalue weighted by atomic mass is 35.5. The second-order valence-electron chi connectivity index (χ2n) is 6.74. The van der Waals surface area contributed by atoms with Gasteiger partial charge in [0.15, 0.2) is 22.4 Å². The molecular formula is C21H22ClN3O4S. The molecule has 9 heteroatoms. The first kappa shape index (κ1) is 20.6. The van der Waals surface area contributed by atoms with Gasteiger partial charge in [0, 0.05) is 26.2 Å². The summed E-state index contributed by atoms with van der Waals surface area (Å²) in [5, 5.41) is 1.45. The van der Waals surface area contributed by atoms with E-state index in [1.165, 1.54) is 0 Å². The number of hydrogen-bond donors (Lipinski definition) is 0. The number of amides is 1. The van der Waals surface area contributed by atoms with Crippen LogP contribution < -0.4 is 19.1 Å². The monoisotopic (exact) mass is 447 g/mol. The van der Waals surface area contributed by atoms with E-state index in [0.29, 0.717) is 54.0 Å². The largest absolute Gasteiger partial charge is 0.493 e. The van der Waals surface area contributed by atoms with E-state index in [-0.39, 0.29) is 5.91 Å². The van der Waals surface area contributed by atoms with Gasteiger partial charge in [-0.1, -0.05) is 29.0 Å². The van der Waals surface area contributed by atoms with Crippen molar-refractivity contribution in [3.8, 4) is 17.2 Å². The number of ether oxygens (including phenoxy) is 3. The number of methoxy groups -OCH3 is 3. The Hall–Kier alpha value is -2.71. The highest BCUT2D eigenvalue weighted by Gasteiger charge is 2.27. The zero-order valence-corrected chi connectivity index (χ0v) is 18.5. The number of halogens is 1. The third kappa shape index (κ3) is 3.61. The Balaban J connectivity index is 1.51. The number of hydrogen-bond acceptors (Lipinski definition) is 7. The fourth-order valence-corrected chi connectivity index (χ4v) is 4.84. The second kappa shape index (κ2) is 8.57. The Morgan fingerprint density at radius 1 is 1.00 bits per heavy atom. The van der Waals surface area contributed by atoms with Crippen molar-refractivity contribution in [2.24, 2.45) is 0 Å². The minimum absolute atomic E-state index is 0.0665. The first-order valence-corrected chi connectivity index (χ1v) is 10.6. The maximum atomic E-state index is 13.1. The molecule has 2 heterocycles. The highest BCUT2D eigenvalue weighted by molar-refractivity contribution is 7.22. The topological polar surface area (TPSA) is 64.1 Å². The number of aromatic nitrogens is 1. The zero-order chi connectivity index (χ0) is 21.3.